The van der Waals surface area contributed by atoms with E-state index >= 15 is 0 Å². The number of rotatable bonds is 5. The van der Waals surface area contributed by atoms with Crippen molar-refractivity contribution in [3.63, 3.8) is 0 Å². The van der Waals surface area contributed by atoms with E-state index in [0.717, 1.165) is 19.3 Å². The van der Waals surface area contributed by atoms with Crippen molar-refractivity contribution in [1.29, 1.82) is 0 Å². The molecule has 1 aromatic rings. The topological polar surface area (TPSA) is 38.0 Å². The minimum Gasteiger partial charge on any atom is -0.271 e. The van der Waals surface area contributed by atoms with Crippen LogP contribution in [0.2, 0.25) is 0 Å². The fraction of sp³-hybridized carbons (Fsp3) is 0.600. The summed E-state index contributed by atoms with van der Waals surface area (Å²) in [5, 5.41) is 0. The van der Waals surface area contributed by atoms with E-state index in [1.54, 1.807) is 0 Å². The molecule has 2 unspecified atom stereocenters. The average Bonchev–Trinajstić information content (AvgIpc) is 2.42. The number of nitrogens with one attached hydrogen (secondary N) is 1. The second-order valence-electron chi connectivity index (χ2n) is 5.48. The molecule has 2 nitrogen and oxygen atoms in total. The first-order valence-electron chi connectivity index (χ1n) is 7.12. The largest absolute Gasteiger partial charge is 0.389 e. The van der Waals surface area contributed by atoms with Gasteiger partial charge in [0, 0.05) is 18.4 Å². The Morgan fingerprint density at radius 2 is 2.05 bits per heavy atom. The Balaban J connectivity index is 2.01. The van der Waals surface area contributed by atoms with Crippen LogP contribution >= 0.6 is 0 Å². The van der Waals surface area contributed by atoms with E-state index in [2.05, 4.69) is 17.6 Å². The van der Waals surface area contributed by atoms with Crippen LogP contribution in [0.4, 0.5) is 13.2 Å². The molecule has 0 fully saturated rings. The van der Waals surface area contributed by atoms with Crippen molar-refractivity contribution < 1.29 is 13.2 Å². The molecule has 0 aliphatic heterocycles. The van der Waals surface area contributed by atoms with Crippen LogP contribution < -0.4 is 11.3 Å². The lowest BCUT2D eigenvalue weighted by molar-refractivity contribution is -0.135. The Morgan fingerprint density at radius 3 is 2.75 bits per heavy atom. The zero-order valence-corrected chi connectivity index (χ0v) is 11.4. The molecule has 0 aromatic heterocycles. The number of nitrogens with two attached hydrogens (primary N) is 1. The lowest BCUT2D eigenvalue weighted by atomic mass is 9.77. The van der Waals surface area contributed by atoms with E-state index in [1.165, 1.54) is 11.1 Å². The quantitative estimate of drug-likeness (QED) is 0.640. The first-order chi connectivity index (χ1) is 9.51. The third-order valence-corrected chi connectivity index (χ3v) is 4.09. The predicted molar refractivity (Wildman–Crippen MR) is 73.1 cm³/mol. The highest BCUT2D eigenvalue weighted by atomic mass is 19.4. The maximum Gasteiger partial charge on any atom is 0.389 e. The molecule has 20 heavy (non-hydrogen) atoms. The van der Waals surface area contributed by atoms with E-state index < -0.39 is 12.6 Å². The van der Waals surface area contributed by atoms with Crippen LogP contribution in [0, 0.1) is 0 Å². The number of halogens is 3. The molecule has 1 aliphatic rings. The number of hydrogen-bond donors (Lipinski definition) is 2. The van der Waals surface area contributed by atoms with E-state index in [9.17, 15) is 13.2 Å². The van der Waals surface area contributed by atoms with Crippen molar-refractivity contribution in [1.82, 2.24) is 5.43 Å². The molecule has 2 rings (SSSR count). The highest BCUT2D eigenvalue weighted by Crippen LogP contribution is 2.35. The van der Waals surface area contributed by atoms with Gasteiger partial charge in [0.1, 0.15) is 0 Å². The van der Waals surface area contributed by atoms with Gasteiger partial charge in [-0.25, -0.2) is 0 Å². The molecule has 112 valence electrons. The summed E-state index contributed by atoms with van der Waals surface area (Å²) in [6.07, 6.45) is -1.14. The molecule has 0 saturated heterocycles. The monoisotopic (exact) mass is 286 g/mol. The summed E-state index contributed by atoms with van der Waals surface area (Å²) < 4.78 is 36.7. The van der Waals surface area contributed by atoms with Gasteiger partial charge in [-0.2, -0.15) is 13.2 Å². The minimum absolute atomic E-state index is 0.0844. The fourth-order valence-corrected chi connectivity index (χ4v) is 3.13. The Morgan fingerprint density at radius 1 is 1.30 bits per heavy atom. The molecule has 5 heteroatoms. The highest BCUT2D eigenvalue weighted by molar-refractivity contribution is 5.33. The number of benzene rings is 1. The van der Waals surface area contributed by atoms with E-state index in [-0.39, 0.29) is 18.4 Å². The SMILES string of the molecule is NNC(CCCC(F)(F)F)C1CCCc2ccccc21. The van der Waals surface area contributed by atoms with Gasteiger partial charge < -0.3 is 0 Å². The van der Waals surface area contributed by atoms with Crippen molar-refractivity contribution in [3.8, 4) is 0 Å². The number of fused-ring (bicyclic) bond motifs is 1. The summed E-state index contributed by atoms with van der Waals surface area (Å²) in [5.41, 5.74) is 5.28. The molecule has 3 N–H and O–H groups in total. The second-order valence-corrected chi connectivity index (χ2v) is 5.48. The lowest BCUT2D eigenvalue weighted by Gasteiger charge is -2.32. The van der Waals surface area contributed by atoms with Crippen LogP contribution in [0.3, 0.4) is 0 Å². The Hall–Kier alpha value is -1.07. The van der Waals surface area contributed by atoms with Gasteiger partial charge in [-0.1, -0.05) is 24.3 Å². The number of hydrazine groups is 1. The number of hydrogen-bond acceptors (Lipinski definition) is 2. The Kier molecular flexibility index (Phi) is 5.05. The third-order valence-electron chi connectivity index (χ3n) is 4.09. The van der Waals surface area contributed by atoms with Gasteiger partial charge in [-0.15, -0.1) is 0 Å². The van der Waals surface area contributed by atoms with Crippen LogP contribution in [-0.4, -0.2) is 12.2 Å². The molecule has 0 bridgehead atoms. The summed E-state index contributed by atoms with van der Waals surface area (Å²) in [6.45, 7) is 0. The fourth-order valence-electron chi connectivity index (χ4n) is 3.13. The van der Waals surface area contributed by atoms with Gasteiger partial charge in [-0.3, -0.25) is 11.3 Å². The summed E-state index contributed by atoms with van der Waals surface area (Å²) in [7, 11) is 0. The number of alkyl halides is 3. The average molecular weight is 286 g/mol. The first-order valence-corrected chi connectivity index (χ1v) is 7.12. The summed E-state index contributed by atoms with van der Waals surface area (Å²) in [6, 6.07) is 8.09. The molecule has 0 amide bonds. The van der Waals surface area contributed by atoms with Crippen LogP contribution in [-0.2, 0) is 6.42 Å². The van der Waals surface area contributed by atoms with E-state index in [4.69, 9.17) is 5.84 Å². The smallest absolute Gasteiger partial charge is 0.271 e. The Bertz CT molecular complexity index is 431. The highest BCUT2D eigenvalue weighted by Gasteiger charge is 2.30. The second kappa shape index (κ2) is 6.59. The summed E-state index contributed by atoms with van der Waals surface area (Å²) in [5.74, 6) is 5.80. The maximum absolute atomic E-state index is 12.2. The zero-order valence-electron chi connectivity index (χ0n) is 11.4. The van der Waals surface area contributed by atoms with Crippen molar-refractivity contribution in [3.05, 3.63) is 35.4 Å². The standard InChI is InChI=1S/C15H21F3N2/c16-15(17,18)10-4-9-14(20-19)13-8-3-6-11-5-1-2-7-12(11)13/h1-2,5,7,13-14,20H,3-4,6,8-10,19H2. The van der Waals surface area contributed by atoms with Crippen molar-refractivity contribution in [2.75, 3.05) is 0 Å². The van der Waals surface area contributed by atoms with Gasteiger partial charge in [0.05, 0.1) is 0 Å². The van der Waals surface area contributed by atoms with E-state index in [1.807, 2.05) is 12.1 Å². The molecule has 2 atom stereocenters. The zero-order chi connectivity index (χ0) is 14.6. The van der Waals surface area contributed by atoms with Crippen molar-refractivity contribution in [2.24, 2.45) is 5.84 Å². The molecular weight excluding hydrogens is 265 g/mol. The summed E-state index contributed by atoms with van der Waals surface area (Å²) in [4.78, 5) is 0. The normalized spacial score (nSPS) is 20.5. The lowest BCUT2D eigenvalue weighted by Crippen LogP contribution is -2.41. The van der Waals surface area contributed by atoms with Gasteiger partial charge in [0.15, 0.2) is 0 Å². The van der Waals surface area contributed by atoms with Crippen LogP contribution in [0.25, 0.3) is 0 Å². The van der Waals surface area contributed by atoms with Crippen molar-refractivity contribution >= 4 is 0 Å². The van der Waals surface area contributed by atoms with Crippen LogP contribution in [0.15, 0.2) is 24.3 Å². The summed E-state index contributed by atoms with van der Waals surface area (Å²) >= 11 is 0. The third kappa shape index (κ3) is 3.96. The Labute approximate surface area is 117 Å². The maximum atomic E-state index is 12.2. The molecule has 1 aliphatic carbocycles. The van der Waals surface area contributed by atoms with Gasteiger partial charge in [0.2, 0.25) is 0 Å². The van der Waals surface area contributed by atoms with Gasteiger partial charge >= 0.3 is 6.18 Å². The van der Waals surface area contributed by atoms with E-state index in [0.29, 0.717) is 6.42 Å². The molecule has 0 heterocycles. The van der Waals surface area contributed by atoms with Crippen LogP contribution in [0.5, 0.6) is 0 Å². The minimum atomic E-state index is -4.08. The molecular formula is C15H21F3N2. The number of aryl methyl sites for hydroxylation is 1. The van der Waals surface area contributed by atoms with Gasteiger partial charge in [0.25, 0.3) is 0 Å². The molecule has 0 spiro atoms. The van der Waals surface area contributed by atoms with Crippen molar-refractivity contribution in [2.45, 2.75) is 56.7 Å². The molecule has 0 radical (unpaired) electrons. The molecule has 1 aromatic carbocycles. The molecule has 0 saturated carbocycles. The first kappa shape index (κ1) is 15.3. The van der Waals surface area contributed by atoms with Crippen LogP contribution in [0.1, 0.15) is 49.1 Å². The predicted octanol–water partition coefficient (Wildman–Crippen LogP) is 3.67. The van der Waals surface area contributed by atoms with Gasteiger partial charge in [-0.05, 0) is 43.2 Å².